The van der Waals surface area contributed by atoms with Crippen molar-refractivity contribution in [3.05, 3.63) is 12.1 Å². The molecule has 0 aromatic carbocycles. The molecule has 1 aliphatic carbocycles. The normalized spacial score (nSPS) is 24.9. The van der Waals surface area contributed by atoms with Gasteiger partial charge >= 0.3 is 0 Å². The first-order valence-electron chi connectivity index (χ1n) is 14.3. The third kappa shape index (κ3) is 4.55. The Balaban J connectivity index is 1.14. The lowest BCUT2D eigenvalue weighted by Gasteiger charge is -2.48. The molecule has 34 heavy (non-hydrogen) atoms. The van der Waals surface area contributed by atoms with Crippen LogP contribution in [0.4, 0.5) is 11.6 Å². The Hall–Kier alpha value is -1.82. The molecule has 0 amide bonds. The van der Waals surface area contributed by atoms with E-state index in [4.69, 9.17) is 10.1 Å². The van der Waals surface area contributed by atoms with Gasteiger partial charge in [-0.1, -0.05) is 25.7 Å². The van der Waals surface area contributed by atoms with Crippen LogP contribution in [-0.4, -0.2) is 65.5 Å². The molecule has 0 N–H and O–H groups in total. The van der Waals surface area contributed by atoms with Gasteiger partial charge in [0, 0.05) is 46.3 Å². The van der Waals surface area contributed by atoms with E-state index in [9.17, 15) is 0 Å². The highest BCUT2D eigenvalue weighted by molar-refractivity contribution is 5.89. The van der Waals surface area contributed by atoms with Crippen LogP contribution in [0.2, 0.25) is 0 Å². The molecule has 3 saturated heterocycles. The number of fused-ring (bicyclic) bond motifs is 1. The zero-order chi connectivity index (χ0) is 23.0. The van der Waals surface area contributed by atoms with E-state index in [1.807, 2.05) is 4.68 Å². The molecular weight excluding hydrogens is 420 g/mol. The first-order valence-corrected chi connectivity index (χ1v) is 14.3. The molecule has 0 radical (unpaired) electrons. The number of nitrogens with zero attached hydrogens (tertiary/aromatic N) is 6. The van der Waals surface area contributed by atoms with Crippen molar-refractivity contribution in [2.24, 2.45) is 18.4 Å². The fourth-order valence-corrected chi connectivity index (χ4v) is 7.44. The van der Waals surface area contributed by atoms with Crippen LogP contribution in [0.15, 0.2) is 12.1 Å². The predicted octanol–water partition coefficient (Wildman–Crippen LogP) is 5.22. The molecule has 0 unspecified atom stereocenters. The molecule has 5 heterocycles. The number of anilines is 2. The minimum atomic E-state index is 0.538. The van der Waals surface area contributed by atoms with Gasteiger partial charge in [0.05, 0.1) is 5.39 Å². The van der Waals surface area contributed by atoms with Gasteiger partial charge in [-0.05, 0) is 81.4 Å². The molecule has 2 aromatic rings. The second-order valence-corrected chi connectivity index (χ2v) is 11.9. The molecule has 0 bridgehead atoms. The van der Waals surface area contributed by atoms with E-state index < -0.39 is 0 Å². The van der Waals surface area contributed by atoms with E-state index in [-0.39, 0.29) is 0 Å². The summed E-state index contributed by atoms with van der Waals surface area (Å²) in [6.07, 6.45) is 16.6. The quantitative estimate of drug-likeness (QED) is 0.620. The van der Waals surface area contributed by atoms with E-state index in [0.717, 1.165) is 49.4 Å². The molecule has 6 rings (SSSR count). The Morgan fingerprint density at radius 2 is 1.59 bits per heavy atom. The summed E-state index contributed by atoms with van der Waals surface area (Å²) in [7, 11) is 2.07. The van der Waals surface area contributed by atoms with Gasteiger partial charge in [0.2, 0.25) is 0 Å². The number of aromatic nitrogens is 3. The molecule has 186 valence electrons. The van der Waals surface area contributed by atoms with Gasteiger partial charge in [-0.15, -0.1) is 0 Å². The SMILES string of the molecule is Cn1nc(N2CCC3(CCCN(CC4CCCC4)C3)CC2)c2ccc(N3CCCCCC3)nc21. The van der Waals surface area contributed by atoms with Crippen LogP contribution in [-0.2, 0) is 7.05 Å². The minimum absolute atomic E-state index is 0.538. The number of piperidine rings is 2. The molecule has 6 nitrogen and oxygen atoms in total. The first-order chi connectivity index (χ1) is 16.7. The maximum Gasteiger partial charge on any atom is 0.162 e. The third-order valence-corrected chi connectivity index (χ3v) is 9.44. The fourth-order valence-electron chi connectivity index (χ4n) is 7.44. The Morgan fingerprint density at radius 1 is 0.824 bits per heavy atom. The smallest absolute Gasteiger partial charge is 0.162 e. The van der Waals surface area contributed by atoms with Crippen molar-refractivity contribution >= 4 is 22.7 Å². The van der Waals surface area contributed by atoms with Gasteiger partial charge in [0.15, 0.2) is 11.5 Å². The summed E-state index contributed by atoms with van der Waals surface area (Å²) in [6, 6.07) is 4.53. The van der Waals surface area contributed by atoms with E-state index in [1.54, 1.807) is 0 Å². The lowest BCUT2D eigenvalue weighted by molar-refractivity contribution is 0.0556. The highest BCUT2D eigenvalue weighted by atomic mass is 15.4. The largest absolute Gasteiger partial charge is 0.357 e. The topological polar surface area (TPSA) is 40.4 Å². The monoisotopic (exact) mass is 464 g/mol. The van der Waals surface area contributed by atoms with Crippen LogP contribution in [0.5, 0.6) is 0 Å². The van der Waals surface area contributed by atoms with Crippen molar-refractivity contribution < 1.29 is 0 Å². The number of likely N-dealkylation sites (tertiary alicyclic amines) is 1. The number of hydrogen-bond donors (Lipinski definition) is 0. The Morgan fingerprint density at radius 3 is 2.35 bits per heavy atom. The van der Waals surface area contributed by atoms with Crippen molar-refractivity contribution in [2.75, 3.05) is 55.6 Å². The standard InChI is InChI=1S/C28H44N6/c1-31-26-24(11-12-25(29-26)33-17-6-2-3-7-18-33)27(30-31)34-19-14-28(15-20-34)13-8-16-32(22-28)21-23-9-4-5-10-23/h11-12,23H,2-10,13-22H2,1H3. The van der Waals surface area contributed by atoms with Crippen LogP contribution in [0, 0.1) is 11.3 Å². The second kappa shape index (κ2) is 9.67. The Labute approximate surface area is 205 Å². The molecule has 2 aromatic heterocycles. The van der Waals surface area contributed by atoms with E-state index in [0.29, 0.717) is 5.41 Å². The van der Waals surface area contributed by atoms with Gasteiger partial charge in [-0.2, -0.15) is 5.10 Å². The summed E-state index contributed by atoms with van der Waals surface area (Å²) in [5, 5.41) is 6.21. The zero-order valence-corrected chi connectivity index (χ0v) is 21.4. The van der Waals surface area contributed by atoms with Crippen LogP contribution < -0.4 is 9.80 Å². The van der Waals surface area contributed by atoms with Crippen LogP contribution in [0.25, 0.3) is 11.0 Å². The van der Waals surface area contributed by atoms with E-state index >= 15 is 0 Å². The van der Waals surface area contributed by atoms with Crippen LogP contribution in [0.1, 0.15) is 77.0 Å². The first kappa shape index (κ1) is 22.6. The predicted molar refractivity (Wildman–Crippen MR) is 141 cm³/mol. The number of pyridine rings is 1. The third-order valence-electron chi connectivity index (χ3n) is 9.44. The summed E-state index contributed by atoms with van der Waals surface area (Å²) in [6.45, 7) is 8.57. The lowest BCUT2D eigenvalue weighted by atomic mass is 9.72. The van der Waals surface area contributed by atoms with Crippen molar-refractivity contribution in [2.45, 2.75) is 77.0 Å². The average Bonchev–Trinajstić information content (AvgIpc) is 3.38. The van der Waals surface area contributed by atoms with E-state index in [2.05, 4.69) is 33.9 Å². The maximum absolute atomic E-state index is 5.09. The second-order valence-electron chi connectivity index (χ2n) is 11.9. The lowest BCUT2D eigenvalue weighted by Crippen LogP contribution is -2.50. The molecule has 4 fully saturated rings. The van der Waals surface area contributed by atoms with Gasteiger partial charge < -0.3 is 14.7 Å². The van der Waals surface area contributed by atoms with Gasteiger partial charge in [-0.25, -0.2) is 9.67 Å². The van der Waals surface area contributed by atoms with Gasteiger partial charge in [0.1, 0.15) is 5.82 Å². The number of rotatable bonds is 4. The van der Waals surface area contributed by atoms with Crippen molar-refractivity contribution in [1.82, 2.24) is 19.7 Å². The minimum Gasteiger partial charge on any atom is -0.357 e. The van der Waals surface area contributed by atoms with Crippen LogP contribution in [0.3, 0.4) is 0 Å². The molecule has 6 heteroatoms. The Kier molecular flexibility index (Phi) is 6.44. The molecule has 4 aliphatic rings. The van der Waals surface area contributed by atoms with Crippen molar-refractivity contribution in [3.8, 4) is 0 Å². The average molecular weight is 465 g/mol. The number of aryl methyl sites for hydroxylation is 1. The summed E-state index contributed by atoms with van der Waals surface area (Å²) < 4.78 is 2.01. The molecule has 3 aliphatic heterocycles. The molecule has 0 atom stereocenters. The molecule has 1 saturated carbocycles. The zero-order valence-electron chi connectivity index (χ0n) is 21.4. The molecular formula is C28H44N6. The van der Waals surface area contributed by atoms with Crippen molar-refractivity contribution in [3.63, 3.8) is 0 Å². The number of hydrogen-bond acceptors (Lipinski definition) is 5. The summed E-state index contributed by atoms with van der Waals surface area (Å²) in [5.41, 5.74) is 1.58. The highest BCUT2D eigenvalue weighted by Crippen LogP contribution is 2.42. The highest BCUT2D eigenvalue weighted by Gasteiger charge is 2.39. The summed E-state index contributed by atoms with van der Waals surface area (Å²) in [5.74, 6) is 3.26. The van der Waals surface area contributed by atoms with Crippen LogP contribution >= 0.6 is 0 Å². The fraction of sp³-hybridized carbons (Fsp3) is 0.786. The molecule has 1 spiro atoms. The maximum atomic E-state index is 5.09. The summed E-state index contributed by atoms with van der Waals surface area (Å²) in [4.78, 5) is 13.0. The Bertz CT molecular complexity index is 961. The summed E-state index contributed by atoms with van der Waals surface area (Å²) >= 11 is 0. The van der Waals surface area contributed by atoms with Gasteiger partial charge in [0.25, 0.3) is 0 Å². The van der Waals surface area contributed by atoms with Crippen molar-refractivity contribution in [1.29, 1.82) is 0 Å². The van der Waals surface area contributed by atoms with E-state index in [1.165, 1.54) is 102 Å². The van der Waals surface area contributed by atoms with Gasteiger partial charge in [-0.3, -0.25) is 0 Å².